The molecule has 3 heteroatoms. The largest absolute Gasteiger partial charge is 0.393 e. The minimum Gasteiger partial charge on any atom is -0.393 e. The number of halogens is 1. The number of rotatable bonds is 1. The number of para-hydroxylation sites is 1. The molecule has 76 valence electrons. The van der Waals surface area contributed by atoms with Crippen molar-refractivity contribution in [3.8, 4) is 0 Å². The molecule has 2 atom stereocenters. The molecule has 1 saturated heterocycles. The van der Waals surface area contributed by atoms with Gasteiger partial charge in [-0.05, 0) is 18.6 Å². The lowest BCUT2D eigenvalue weighted by molar-refractivity contribution is 0.142. The normalized spacial score (nSPS) is 27.7. The van der Waals surface area contributed by atoms with Crippen LogP contribution in [0.4, 0.5) is 5.69 Å². The first-order chi connectivity index (χ1) is 6.77. The Hall–Kier alpha value is -0.540. The number of anilines is 1. The Morgan fingerprint density at radius 1 is 1.29 bits per heavy atom. The lowest BCUT2D eigenvalue weighted by Gasteiger charge is -2.36. The molecule has 0 radical (unpaired) electrons. The molecule has 0 spiro atoms. The third kappa shape index (κ3) is 2.10. The zero-order valence-corrected chi connectivity index (χ0v) is 9.52. The molecule has 0 aromatic heterocycles. The van der Waals surface area contributed by atoms with Crippen molar-refractivity contribution in [3.05, 3.63) is 30.3 Å². The fraction of sp³-hybridized carbons (Fsp3) is 0.455. The highest BCUT2D eigenvalue weighted by Gasteiger charge is 2.24. The van der Waals surface area contributed by atoms with E-state index in [0.717, 1.165) is 19.4 Å². The summed E-state index contributed by atoms with van der Waals surface area (Å²) in [4.78, 5) is 2.54. The molecule has 0 aliphatic carbocycles. The van der Waals surface area contributed by atoms with Gasteiger partial charge in [0.1, 0.15) is 0 Å². The van der Waals surface area contributed by atoms with E-state index in [-0.39, 0.29) is 11.1 Å². The zero-order chi connectivity index (χ0) is 9.97. The minimum absolute atomic E-state index is 0.153. The lowest BCUT2D eigenvalue weighted by Crippen LogP contribution is -2.40. The highest BCUT2D eigenvalue weighted by Crippen LogP contribution is 2.27. The monoisotopic (exact) mass is 255 g/mol. The smallest absolute Gasteiger partial charge is 0.0870 e. The van der Waals surface area contributed by atoms with E-state index in [2.05, 4.69) is 33.0 Å². The number of piperidine rings is 1. The summed E-state index contributed by atoms with van der Waals surface area (Å²) >= 11 is 3.60. The Labute approximate surface area is 92.7 Å². The minimum atomic E-state index is -0.153. The number of aliphatic hydroxyl groups excluding tert-OH is 1. The van der Waals surface area contributed by atoms with Crippen LogP contribution >= 0.6 is 15.9 Å². The Kier molecular flexibility index (Phi) is 3.08. The van der Waals surface area contributed by atoms with Gasteiger partial charge in [-0.2, -0.15) is 0 Å². The topological polar surface area (TPSA) is 23.5 Å². The van der Waals surface area contributed by atoms with Crippen molar-refractivity contribution < 1.29 is 5.11 Å². The van der Waals surface area contributed by atoms with Crippen molar-refractivity contribution in [1.29, 1.82) is 0 Å². The molecule has 0 amide bonds. The van der Waals surface area contributed by atoms with E-state index in [1.807, 2.05) is 18.2 Å². The fourth-order valence-electron chi connectivity index (χ4n) is 1.81. The molecular weight excluding hydrogens is 242 g/mol. The average molecular weight is 256 g/mol. The van der Waals surface area contributed by atoms with E-state index >= 15 is 0 Å². The maximum Gasteiger partial charge on any atom is 0.0870 e. The molecule has 1 aromatic carbocycles. The maximum atomic E-state index is 9.49. The summed E-state index contributed by atoms with van der Waals surface area (Å²) in [6.45, 7) is 0.918. The molecule has 1 aliphatic heterocycles. The van der Waals surface area contributed by atoms with Crippen molar-refractivity contribution >= 4 is 21.6 Å². The first-order valence-corrected chi connectivity index (χ1v) is 5.83. The van der Waals surface area contributed by atoms with Gasteiger partial charge in [0.15, 0.2) is 0 Å². The second-order valence-corrected chi connectivity index (χ2v) is 4.70. The van der Waals surface area contributed by atoms with Crippen molar-refractivity contribution in [3.63, 3.8) is 0 Å². The predicted molar refractivity (Wildman–Crippen MR) is 61.7 cm³/mol. The number of nitrogens with zero attached hydrogens (tertiary/aromatic N) is 1. The van der Waals surface area contributed by atoms with Crippen LogP contribution in [0.5, 0.6) is 0 Å². The van der Waals surface area contributed by atoms with Gasteiger partial charge < -0.3 is 10.0 Å². The fourth-order valence-corrected chi connectivity index (χ4v) is 2.68. The van der Waals surface area contributed by atoms with Crippen LogP contribution in [0.3, 0.4) is 0 Å². The summed E-state index contributed by atoms with van der Waals surface area (Å²) in [5.41, 5.74) is 1.22. The molecule has 2 rings (SSSR count). The van der Waals surface area contributed by atoms with E-state index in [4.69, 9.17) is 0 Å². The molecule has 1 fully saturated rings. The molecule has 0 saturated carbocycles. The van der Waals surface area contributed by atoms with Gasteiger partial charge in [-0.25, -0.2) is 0 Å². The van der Waals surface area contributed by atoms with E-state index in [1.54, 1.807) is 0 Å². The number of hydrogen-bond acceptors (Lipinski definition) is 2. The molecule has 0 bridgehead atoms. The Morgan fingerprint density at radius 3 is 2.64 bits per heavy atom. The quantitative estimate of drug-likeness (QED) is 0.616. The molecule has 14 heavy (non-hydrogen) atoms. The van der Waals surface area contributed by atoms with Crippen molar-refractivity contribution in [2.45, 2.75) is 23.9 Å². The van der Waals surface area contributed by atoms with Gasteiger partial charge >= 0.3 is 0 Å². The SMILES string of the molecule is OC1CCN(c2ccccc2)C(Br)C1. The van der Waals surface area contributed by atoms with E-state index in [1.165, 1.54) is 5.69 Å². The van der Waals surface area contributed by atoms with Gasteiger partial charge in [-0.3, -0.25) is 0 Å². The Bertz CT molecular complexity index is 291. The van der Waals surface area contributed by atoms with Crippen LogP contribution in [-0.4, -0.2) is 22.7 Å². The van der Waals surface area contributed by atoms with Crippen molar-refractivity contribution in [1.82, 2.24) is 0 Å². The Morgan fingerprint density at radius 2 is 2.00 bits per heavy atom. The Balaban J connectivity index is 2.12. The highest BCUT2D eigenvalue weighted by molar-refractivity contribution is 9.09. The van der Waals surface area contributed by atoms with Crippen LogP contribution in [0.15, 0.2) is 30.3 Å². The first-order valence-electron chi connectivity index (χ1n) is 4.91. The first kappa shape index (κ1) is 9.99. The molecule has 1 heterocycles. The van der Waals surface area contributed by atoms with E-state index in [0.29, 0.717) is 0 Å². The third-order valence-corrected chi connectivity index (χ3v) is 3.46. The highest BCUT2D eigenvalue weighted by atomic mass is 79.9. The van der Waals surface area contributed by atoms with Gasteiger partial charge in [0.05, 0.1) is 11.1 Å². The summed E-state index contributed by atoms with van der Waals surface area (Å²) in [7, 11) is 0. The number of alkyl halides is 1. The lowest BCUT2D eigenvalue weighted by atomic mass is 10.1. The average Bonchev–Trinajstić information content (AvgIpc) is 2.19. The number of benzene rings is 1. The zero-order valence-electron chi connectivity index (χ0n) is 7.94. The van der Waals surface area contributed by atoms with Gasteiger partial charge in [0.25, 0.3) is 0 Å². The van der Waals surface area contributed by atoms with Crippen LogP contribution in [0.2, 0.25) is 0 Å². The van der Waals surface area contributed by atoms with Crippen LogP contribution in [0, 0.1) is 0 Å². The number of hydrogen-bond donors (Lipinski definition) is 1. The van der Waals surface area contributed by atoms with Crippen molar-refractivity contribution in [2.75, 3.05) is 11.4 Å². The molecule has 1 aliphatic rings. The summed E-state index contributed by atoms with van der Waals surface area (Å²) in [5.74, 6) is 0. The second-order valence-electron chi connectivity index (χ2n) is 3.64. The summed E-state index contributed by atoms with van der Waals surface area (Å²) < 4.78 is 0. The van der Waals surface area contributed by atoms with E-state index in [9.17, 15) is 5.11 Å². The molecular formula is C11H14BrNO. The predicted octanol–water partition coefficient (Wildman–Crippen LogP) is 2.37. The van der Waals surface area contributed by atoms with Gasteiger partial charge in [0, 0.05) is 18.7 Å². The van der Waals surface area contributed by atoms with Crippen LogP contribution in [0.25, 0.3) is 0 Å². The van der Waals surface area contributed by atoms with Crippen LogP contribution in [-0.2, 0) is 0 Å². The maximum absolute atomic E-state index is 9.49. The van der Waals surface area contributed by atoms with Crippen molar-refractivity contribution in [2.24, 2.45) is 0 Å². The van der Waals surface area contributed by atoms with Gasteiger partial charge in [-0.15, -0.1) is 0 Å². The van der Waals surface area contributed by atoms with Gasteiger partial charge in [0.2, 0.25) is 0 Å². The molecule has 2 unspecified atom stereocenters. The van der Waals surface area contributed by atoms with Crippen LogP contribution in [0.1, 0.15) is 12.8 Å². The molecule has 1 N–H and O–H groups in total. The standard InChI is InChI=1S/C11H14BrNO/c12-11-8-10(14)6-7-13(11)9-4-2-1-3-5-9/h1-5,10-11,14H,6-8H2. The summed E-state index contributed by atoms with van der Waals surface area (Å²) in [5, 5.41) is 9.49. The van der Waals surface area contributed by atoms with Gasteiger partial charge in [-0.1, -0.05) is 34.1 Å². The molecule has 2 nitrogen and oxygen atoms in total. The summed E-state index contributed by atoms with van der Waals surface area (Å²) in [6.07, 6.45) is 1.51. The number of aliphatic hydroxyl groups is 1. The third-order valence-electron chi connectivity index (χ3n) is 2.60. The second kappa shape index (κ2) is 4.32. The van der Waals surface area contributed by atoms with E-state index < -0.39 is 0 Å². The summed E-state index contributed by atoms with van der Waals surface area (Å²) in [6, 6.07) is 10.3. The van der Waals surface area contributed by atoms with Crippen LogP contribution < -0.4 is 4.90 Å². The molecule has 1 aromatic rings.